The highest BCUT2D eigenvalue weighted by atomic mass is 35.5. The smallest absolute Gasteiger partial charge is 0.409 e. The summed E-state index contributed by atoms with van der Waals surface area (Å²) in [5.74, 6) is -1.17. The van der Waals surface area contributed by atoms with Crippen LogP contribution in [0.3, 0.4) is 0 Å². The number of carboxylic acids is 1. The lowest BCUT2D eigenvalue weighted by molar-refractivity contribution is -0.134. The number of nitrogens with two attached hydrogens (primary N) is 1. The fraction of sp³-hybridized carbons (Fsp3) is 0.471. The molecule has 0 saturated carbocycles. The number of halogens is 1. The molecule has 0 bridgehead atoms. The summed E-state index contributed by atoms with van der Waals surface area (Å²) < 4.78 is 4.95. The van der Waals surface area contributed by atoms with E-state index < -0.39 is 12.0 Å². The summed E-state index contributed by atoms with van der Waals surface area (Å²) in [6.07, 6.45) is -0.0333. The van der Waals surface area contributed by atoms with E-state index in [2.05, 4.69) is 0 Å². The van der Waals surface area contributed by atoms with Crippen LogP contribution in [0.15, 0.2) is 24.3 Å². The van der Waals surface area contributed by atoms with Gasteiger partial charge in [0.2, 0.25) is 5.91 Å². The molecule has 1 fully saturated rings. The van der Waals surface area contributed by atoms with E-state index in [0.717, 1.165) is 5.56 Å². The van der Waals surface area contributed by atoms with Gasteiger partial charge >= 0.3 is 12.1 Å². The van der Waals surface area contributed by atoms with Crippen molar-refractivity contribution in [1.82, 2.24) is 9.80 Å². The number of piperazine rings is 1. The first-order valence-electron chi connectivity index (χ1n) is 8.20. The molecule has 0 spiro atoms. The number of carbonyl (C=O) groups excluding carboxylic acids is 2. The maximum Gasteiger partial charge on any atom is 0.409 e. The van der Waals surface area contributed by atoms with Crippen LogP contribution < -0.4 is 5.73 Å². The van der Waals surface area contributed by atoms with Crippen LogP contribution in [0.2, 0.25) is 0 Å². The average molecular weight is 386 g/mol. The van der Waals surface area contributed by atoms with E-state index in [1.165, 1.54) is 12.1 Å². The van der Waals surface area contributed by atoms with Gasteiger partial charge in [0.1, 0.15) is 0 Å². The van der Waals surface area contributed by atoms with Crippen molar-refractivity contribution in [3.05, 3.63) is 35.4 Å². The predicted octanol–water partition coefficient (Wildman–Crippen LogP) is 0.977. The van der Waals surface area contributed by atoms with Gasteiger partial charge < -0.3 is 25.4 Å². The molecular weight excluding hydrogens is 362 g/mol. The average Bonchev–Trinajstić information content (AvgIpc) is 2.61. The summed E-state index contributed by atoms with van der Waals surface area (Å²) in [6, 6.07) is 5.61. The first-order valence-corrected chi connectivity index (χ1v) is 8.20. The number of ether oxygens (including phenoxy) is 1. The van der Waals surface area contributed by atoms with Crippen molar-refractivity contribution in [1.29, 1.82) is 0 Å². The Labute approximate surface area is 158 Å². The molecule has 144 valence electrons. The molecule has 1 atom stereocenters. The Kier molecular flexibility index (Phi) is 8.34. The number of carboxylic acid groups (broad SMARTS) is 1. The number of nitrogens with zero attached hydrogens (tertiary/aromatic N) is 2. The fourth-order valence-corrected chi connectivity index (χ4v) is 2.68. The van der Waals surface area contributed by atoms with Gasteiger partial charge in [-0.05, 0) is 31.0 Å². The second-order valence-corrected chi connectivity index (χ2v) is 5.82. The third kappa shape index (κ3) is 5.60. The minimum atomic E-state index is -0.994. The predicted molar refractivity (Wildman–Crippen MR) is 97.5 cm³/mol. The summed E-state index contributed by atoms with van der Waals surface area (Å²) in [6.45, 7) is 3.75. The van der Waals surface area contributed by atoms with E-state index in [-0.39, 0.29) is 30.0 Å². The first kappa shape index (κ1) is 21.7. The lowest BCUT2D eigenvalue weighted by Gasteiger charge is -2.35. The Balaban J connectivity index is 0.00000338. The van der Waals surface area contributed by atoms with Crippen molar-refractivity contribution in [3.8, 4) is 0 Å². The monoisotopic (exact) mass is 385 g/mol. The number of benzene rings is 1. The Hall–Kier alpha value is -2.32. The van der Waals surface area contributed by atoms with Crippen molar-refractivity contribution in [2.24, 2.45) is 5.73 Å². The maximum absolute atomic E-state index is 12.5. The van der Waals surface area contributed by atoms with Crippen molar-refractivity contribution in [3.63, 3.8) is 0 Å². The van der Waals surface area contributed by atoms with E-state index in [1.807, 2.05) is 0 Å². The van der Waals surface area contributed by atoms with Crippen LogP contribution in [0.1, 0.15) is 22.8 Å². The normalized spacial score (nSPS) is 15.0. The molecule has 1 saturated heterocycles. The molecule has 0 aliphatic carbocycles. The van der Waals surface area contributed by atoms with Crippen molar-refractivity contribution in [2.45, 2.75) is 19.4 Å². The first-order chi connectivity index (χ1) is 11.9. The minimum Gasteiger partial charge on any atom is -0.478 e. The standard InChI is InChI=1S/C17H23N3O5.ClH/c1-2-25-17(24)20-9-7-19(8-10-20)15(21)14(18)11-12-3-5-13(6-4-12)16(22)23;/h3-6,14H,2,7-11,18H2,1H3,(H,22,23);1H. The van der Waals surface area contributed by atoms with Crippen molar-refractivity contribution >= 4 is 30.4 Å². The zero-order valence-electron chi connectivity index (χ0n) is 14.6. The van der Waals surface area contributed by atoms with E-state index in [9.17, 15) is 14.4 Å². The molecule has 0 radical (unpaired) electrons. The third-order valence-corrected chi connectivity index (χ3v) is 4.09. The van der Waals surface area contributed by atoms with Gasteiger partial charge in [-0.3, -0.25) is 4.79 Å². The van der Waals surface area contributed by atoms with Crippen LogP contribution in [-0.4, -0.2) is 71.7 Å². The van der Waals surface area contributed by atoms with E-state index in [1.54, 1.807) is 28.9 Å². The SMILES string of the molecule is CCOC(=O)N1CCN(C(=O)C(N)Cc2ccc(C(=O)O)cc2)CC1.Cl. The second-order valence-electron chi connectivity index (χ2n) is 5.82. The van der Waals surface area contributed by atoms with Gasteiger partial charge in [0.15, 0.2) is 0 Å². The molecule has 0 aromatic heterocycles. The van der Waals surface area contributed by atoms with Gasteiger partial charge in [0.25, 0.3) is 0 Å². The van der Waals surface area contributed by atoms with Gasteiger partial charge in [0, 0.05) is 26.2 Å². The molecule has 1 aliphatic rings. The summed E-state index contributed by atoms with van der Waals surface area (Å²) in [5, 5.41) is 8.89. The van der Waals surface area contributed by atoms with E-state index in [4.69, 9.17) is 15.6 Å². The molecule has 3 N–H and O–H groups in total. The highest BCUT2D eigenvalue weighted by molar-refractivity contribution is 5.87. The molecule has 1 unspecified atom stereocenters. The van der Waals surface area contributed by atoms with Crippen molar-refractivity contribution in [2.75, 3.05) is 32.8 Å². The fourth-order valence-electron chi connectivity index (χ4n) is 2.68. The molecule has 2 rings (SSSR count). The van der Waals surface area contributed by atoms with Crippen molar-refractivity contribution < 1.29 is 24.2 Å². The Morgan fingerprint density at radius 2 is 1.65 bits per heavy atom. The Bertz CT molecular complexity index is 630. The maximum atomic E-state index is 12.5. The van der Waals surface area contributed by atoms with Gasteiger partial charge in [0.05, 0.1) is 18.2 Å². The van der Waals surface area contributed by atoms with Crippen LogP contribution in [-0.2, 0) is 16.0 Å². The van der Waals surface area contributed by atoms with Crippen LogP contribution in [0.4, 0.5) is 4.79 Å². The zero-order valence-corrected chi connectivity index (χ0v) is 15.4. The van der Waals surface area contributed by atoms with Gasteiger partial charge in [-0.1, -0.05) is 12.1 Å². The topological polar surface area (TPSA) is 113 Å². The zero-order chi connectivity index (χ0) is 18.4. The summed E-state index contributed by atoms with van der Waals surface area (Å²) in [7, 11) is 0. The third-order valence-electron chi connectivity index (χ3n) is 4.09. The highest BCUT2D eigenvalue weighted by Gasteiger charge is 2.27. The van der Waals surface area contributed by atoms with Gasteiger partial charge in [-0.15, -0.1) is 12.4 Å². The quantitative estimate of drug-likeness (QED) is 0.781. The molecule has 2 amide bonds. The number of hydrogen-bond donors (Lipinski definition) is 2. The van der Waals surface area contributed by atoms with Gasteiger partial charge in [-0.2, -0.15) is 0 Å². The lowest BCUT2D eigenvalue weighted by Crippen LogP contribution is -2.54. The Morgan fingerprint density at radius 3 is 2.15 bits per heavy atom. The van der Waals surface area contributed by atoms with Crippen LogP contribution in [0, 0.1) is 0 Å². The second kappa shape index (κ2) is 9.98. The van der Waals surface area contributed by atoms with Crippen LogP contribution in [0.25, 0.3) is 0 Å². The summed E-state index contributed by atoms with van der Waals surface area (Å²) in [4.78, 5) is 38.2. The molecule has 26 heavy (non-hydrogen) atoms. The molecule has 8 nitrogen and oxygen atoms in total. The van der Waals surface area contributed by atoms with E-state index in [0.29, 0.717) is 39.2 Å². The molecule has 9 heteroatoms. The molecule has 1 heterocycles. The Morgan fingerprint density at radius 1 is 1.12 bits per heavy atom. The minimum absolute atomic E-state index is 0. The number of aromatic carboxylic acids is 1. The summed E-state index contributed by atoms with van der Waals surface area (Å²) in [5.41, 5.74) is 7.00. The largest absolute Gasteiger partial charge is 0.478 e. The summed E-state index contributed by atoms with van der Waals surface area (Å²) >= 11 is 0. The van der Waals surface area contributed by atoms with Crippen LogP contribution in [0.5, 0.6) is 0 Å². The number of amides is 2. The van der Waals surface area contributed by atoms with E-state index >= 15 is 0 Å². The molecule has 1 aromatic carbocycles. The molecule has 1 aliphatic heterocycles. The molecule has 1 aromatic rings. The number of rotatable bonds is 5. The van der Waals surface area contributed by atoms with Crippen LogP contribution >= 0.6 is 12.4 Å². The number of hydrogen-bond acceptors (Lipinski definition) is 5. The number of carbonyl (C=O) groups is 3. The lowest BCUT2D eigenvalue weighted by atomic mass is 10.0. The molecular formula is C17H24ClN3O5. The van der Waals surface area contributed by atoms with Gasteiger partial charge in [-0.25, -0.2) is 9.59 Å². The highest BCUT2D eigenvalue weighted by Crippen LogP contribution is 2.10.